The topological polar surface area (TPSA) is 115 Å². The van der Waals surface area contributed by atoms with E-state index in [9.17, 15) is 29.7 Å². The van der Waals surface area contributed by atoms with Gasteiger partial charge in [-0.3, -0.25) is 9.59 Å². The van der Waals surface area contributed by atoms with Crippen LogP contribution in [0.25, 0.3) is 0 Å². The van der Waals surface area contributed by atoms with Gasteiger partial charge in [0.05, 0.1) is 38.0 Å². The number of aliphatic carboxylic acids is 3. The third-order valence-electron chi connectivity index (χ3n) is 7.23. The average Bonchev–Trinajstić information content (AvgIpc) is 2.82. The van der Waals surface area contributed by atoms with Gasteiger partial charge in [-0.25, -0.2) is 0 Å². The van der Waals surface area contributed by atoms with E-state index >= 15 is 0 Å². The lowest BCUT2D eigenvalue weighted by molar-refractivity contribution is -0.929. The molecular weight excluding hydrogens is 446 g/mol. The Balaban J connectivity index is 5.01. The maximum Gasteiger partial charge on any atom is 0.306 e. The minimum Gasteiger partial charge on any atom is -0.550 e. The summed E-state index contributed by atoms with van der Waals surface area (Å²) in [7, 11) is 0. The van der Waals surface area contributed by atoms with Crippen LogP contribution in [0.15, 0.2) is 12.2 Å². The van der Waals surface area contributed by atoms with Gasteiger partial charge in [0.1, 0.15) is 0 Å². The molecule has 0 aromatic carbocycles. The lowest BCUT2D eigenvalue weighted by atomic mass is 10.0. The van der Waals surface area contributed by atoms with Crippen LogP contribution in [0.4, 0.5) is 0 Å². The maximum atomic E-state index is 11.4. The normalized spacial score (nSPS) is 16.0. The molecule has 0 aliphatic heterocycles. The molecule has 0 amide bonds. The quantitative estimate of drug-likeness (QED) is 0.118. The Kier molecular flexibility index (Phi) is 18.3. The van der Waals surface area contributed by atoms with Gasteiger partial charge in [-0.1, -0.05) is 65.5 Å². The Hall–Kier alpha value is -1.89. The number of rotatable bonds is 23. The molecule has 204 valence electrons. The van der Waals surface area contributed by atoms with E-state index in [1.165, 1.54) is 25.7 Å². The van der Waals surface area contributed by atoms with Gasteiger partial charge in [-0.05, 0) is 32.1 Å². The number of carboxylic acids is 3. The van der Waals surface area contributed by atoms with Gasteiger partial charge in [0.2, 0.25) is 0 Å². The number of quaternary nitrogens is 1. The standard InChI is InChI=1S/C28H51NO6/c1-5-6-7-8-9-10-11-12-13-14-15-19-29(20-16-23(2)26(30)31,21-17-24(3)27(32)33)22-18-25(4)28(34)35/h7-8,23-25H,5-6,9-22H2,1-4H3,(H2-,30,31,32,33,34,35)/b8-7+. The summed E-state index contributed by atoms with van der Waals surface area (Å²) >= 11 is 0. The minimum atomic E-state index is -1.08. The highest BCUT2D eigenvalue weighted by molar-refractivity contribution is 5.69. The van der Waals surface area contributed by atoms with Crippen LogP contribution in [0.5, 0.6) is 0 Å². The number of unbranched alkanes of at least 4 members (excludes halogenated alkanes) is 7. The van der Waals surface area contributed by atoms with Crippen LogP contribution in [-0.2, 0) is 14.4 Å². The Morgan fingerprint density at radius 2 is 1.11 bits per heavy atom. The van der Waals surface area contributed by atoms with Gasteiger partial charge in [0, 0.05) is 31.1 Å². The van der Waals surface area contributed by atoms with E-state index in [2.05, 4.69) is 19.1 Å². The second-order valence-electron chi connectivity index (χ2n) is 10.5. The maximum absolute atomic E-state index is 11.4. The first-order valence-corrected chi connectivity index (χ1v) is 13.7. The van der Waals surface area contributed by atoms with Crippen molar-refractivity contribution >= 4 is 17.9 Å². The van der Waals surface area contributed by atoms with Crippen LogP contribution in [0.3, 0.4) is 0 Å². The van der Waals surface area contributed by atoms with Gasteiger partial charge >= 0.3 is 11.9 Å². The molecule has 0 aliphatic carbocycles. The molecule has 7 nitrogen and oxygen atoms in total. The van der Waals surface area contributed by atoms with Crippen molar-refractivity contribution in [3.05, 3.63) is 12.2 Å². The van der Waals surface area contributed by atoms with Gasteiger partial charge in [-0.15, -0.1) is 0 Å². The van der Waals surface area contributed by atoms with E-state index in [-0.39, 0.29) is 0 Å². The monoisotopic (exact) mass is 497 g/mol. The Morgan fingerprint density at radius 1 is 0.686 bits per heavy atom. The van der Waals surface area contributed by atoms with Crippen molar-refractivity contribution in [1.82, 2.24) is 0 Å². The summed E-state index contributed by atoms with van der Waals surface area (Å²) < 4.78 is 0.578. The zero-order valence-electron chi connectivity index (χ0n) is 22.7. The summed E-state index contributed by atoms with van der Waals surface area (Å²) in [4.78, 5) is 34.1. The Bertz CT molecular complexity index is 573. The molecule has 0 spiro atoms. The smallest absolute Gasteiger partial charge is 0.306 e. The Labute approximate surface area is 213 Å². The van der Waals surface area contributed by atoms with E-state index in [1.807, 2.05) is 0 Å². The van der Waals surface area contributed by atoms with Crippen LogP contribution in [0, 0.1) is 17.8 Å². The van der Waals surface area contributed by atoms with E-state index in [4.69, 9.17) is 0 Å². The van der Waals surface area contributed by atoms with Crippen LogP contribution in [0.1, 0.15) is 105 Å². The number of carbonyl (C=O) groups excluding carboxylic acids is 1. The molecule has 0 saturated carbocycles. The number of hydrogen-bond donors (Lipinski definition) is 2. The molecule has 0 bridgehead atoms. The van der Waals surface area contributed by atoms with Crippen LogP contribution < -0.4 is 5.11 Å². The first-order chi connectivity index (χ1) is 16.5. The fraction of sp³-hybridized carbons (Fsp3) is 0.821. The van der Waals surface area contributed by atoms with Crippen LogP contribution in [-0.4, -0.2) is 58.8 Å². The molecule has 0 aliphatic rings. The highest BCUT2D eigenvalue weighted by Gasteiger charge is 2.30. The fourth-order valence-electron chi connectivity index (χ4n) is 4.26. The lowest BCUT2D eigenvalue weighted by Gasteiger charge is -2.41. The summed E-state index contributed by atoms with van der Waals surface area (Å²) in [6.45, 7) is 9.85. The predicted octanol–water partition coefficient (Wildman–Crippen LogP) is 4.89. The molecule has 3 unspecified atom stereocenters. The number of allylic oxidation sites excluding steroid dienone is 2. The van der Waals surface area contributed by atoms with Gasteiger partial charge in [-0.2, -0.15) is 0 Å². The number of carbonyl (C=O) groups is 3. The van der Waals surface area contributed by atoms with E-state index in [0.29, 0.717) is 43.4 Å². The van der Waals surface area contributed by atoms with Crippen molar-refractivity contribution in [3.8, 4) is 0 Å². The van der Waals surface area contributed by atoms with Gasteiger partial charge in [0.25, 0.3) is 0 Å². The molecule has 2 N–H and O–H groups in total. The molecule has 0 saturated heterocycles. The molecule has 3 atom stereocenters. The summed E-state index contributed by atoms with van der Waals surface area (Å²) in [6.07, 6.45) is 16.2. The van der Waals surface area contributed by atoms with E-state index in [0.717, 1.165) is 38.6 Å². The molecule has 7 heteroatoms. The first-order valence-electron chi connectivity index (χ1n) is 13.7. The molecule has 0 aromatic heterocycles. The number of carboxylic acid groups (broad SMARTS) is 3. The number of hydrogen-bond acceptors (Lipinski definition) is 4. The van der Waals surface area contributed by atoms with E-state index < -0.39 is 35.7 Å². The average molecular weight is 498 g/mol. The van der Waals surface area contributed by atoms with Gasteiger partial charge < -0.3 is 24.6 Å². The third-order valence-corrected chi connectivity index (χ3v) is 7.23. The van der Waals surface area contributed by atoms with Crippen LogP contribution in [0.2, 0.25) is 0 Å². The summed E-state index contributed by atoms with van der Waals surface area (Å²) in [5, 5.41) is 30.0. The SMILES string of the molecule is CCC/C=C/CCCCCCCC[N+](CCC(C)C(=O)[O-])(CCC(C)C(=O)O)CCC(C)C(=O)O. The molecule has 0 fully saturated rings. The predicted molar refractivity (Wildman–Crippen MR) is 138 cm³/mol. The van der Waals surface area contributed by atoms with Crippen molar-refractivity contribution in [2.75, 3.05) is 26.2 Å². The highest BCUT2D eigenvalue weighted by Crippen LogP contribution is 2.21. The first kappa shape index (κ1) is 33.1. The minimum absolute atomic E-state index is 0.441. The largest absolute Gasteiger partial charge is 0.550 e. The molecular formula is C28H51NO6. The summed E-state index contributed by atoms with van der Waals surface area (Å²) in [5.74, 6) is -4.33. The van der Waals surface area contributed by atoms with Crippen molar-refractivity contribution in [1.29, 1.82) is 0 Å². The number of nitrogens with zero attached hydrogens (tertiary/aromatic N) is 1. The molecule has 0 heterocycles. The van der Waals surface area contributed by atoms with E-state index in [1.54, 1.807) is 20.8 Å². The summed E-state index contributed by atoms with van der Waals surface area (Å²) in [5.41, 5.74) is 0. The lowest BCUT2D eigenvalue weighted by Crippen LogP contribution is -2.52. The van der Waals surface area contributed by atoms with Crippen molar-refractivity contribution < 1.29 is 34.2 Å². The third kappa shape index (κ3) is 16.4. The highest BCUT2D eigenvalue weighted by atomic mass is 16.4. The van der Waals surface area contributed by atoms with Crippen molar-refractivity contribution in [2.45, 2.75) is 105 Å². The summed E-state index contributed by atoms with van der Waals surface area (Å²) in [6, 6.07) is 0. The second-order valence-corrected chi connectivity index (χ2v) is 10.5. The van der Waals surface area contributed by atoms with Crippen molar-refractivity contribution in [3.63, 3.8) is 0 Å². The molecule has 35 heavy (non-hydrogen) atoms. The zero-order valence-corrected chi connectivity index (χ0v) is 22.7. The second kappa shape index (κ2) is 19.3. The van der Waals surface area contributed by atoms with Gasteiger partial charge in [0.15, 0.2) is 0 Å². The molecule has 0 aromatic rings. The zero-order chi connectivity index (χ0) is 26.7. The Morgan fingerprint density at radius 3 is 1.57 bits per heavy atom. The molecule has 0 radical (unpaired) electrons. The van der Waals surface area contributed by atoms with Crippen LogP contribution >= 0.6 is 0 Å². The molecule has 0 rings (SSSR count). The fourth-order valence-corrected chi connectivity index (χ4v) is 4.26. The van der Waals surface area contributed by atoms with Crippen molar-refractivity contribution in [2.24, 2.45) is 17.8 Å².